The van der Waals surface area contributed by atoms with Crippen LogP contribution < -0.4 is 4.74 Å². The second-order valence-electron chi connectivity index (χ2n) is 6.59. The summed E-state index contributed by atoms with van der Waals surface area (Å²) in [4.78, 5) is 2.44. The number of hydrogen-bond acceptors (Lipinski definition) is 4. The van der Waals surface area contributed by atoms with Crippen LogP contribution in [0.25, 0.3) is 11.3 Å². The number of phenols is 1. The summed E-state index contributed by atoms with van der Waals surface area (Å²) < 4.78 is 5.52. The van der Waals surface area contributed by atoms with E-state index >= 15 is 0 Å². The largest absolute Gasteiger partial charge is 0.504 e. The fourth-order valence-electron chi connectivity index (χ4n) is 3.50. The Morgan fingerprint density at radius 3 is 2.85 bits per heavy atom. The smallest absolute Gasteiger partial charge is 0.161 e. The standard InChI is InChI=1S/C21H23N3O2/c1-2-26-20-12-16(8-9-19(20)25)21-17-14-24(11-10-18(17)22-23-21)13-15-6-4-3-5-7-15/h3-9,12,25H,2,10-11,13-14H2,1H3,(H,22,23). The average molecular weight is 349 g/mol. The Balaban J connectivity index is 1.60. The van der Waals surface area contributed by atoms with Crippen molar-refractivity contribution in [2.24, 2.45) is 0 Å². The first-order chi connectivity index (χ1) is 12.7. The second-order valence-corrected chi connectivity index (χ2v) is 6.59. The predicted molar refractivity (Wildman–Crippen MR) is 101 cm³/mol. The number of fused-ring (bicyclic) bond motifs is 1. The highest BCUT2D eigenvalue weighted by Gasteiger charge is 2.23. The first-order valence-electron chi connectivity index (χ1n) is 9.03. The third-order valence-electron chi connectivity index (χ3n) is 4.79. The van der Waals surface area contributed by atoms with Crippen LogP contribution in [0.1, 0.15) is 23.7 Å². The Hall–Kier alpha value is -2.79. The van der Waals surface area contributed by atoms with E-state index in [1.807, 2.05) is 25.1 Å². The SMILES string of the molecule is CCOc1cc(-c2n[nH]c3c2CN(Cc2ccccc2)CC3)ccc1O. The van der Waals surface area contributed by atoms with Crippen LogP contribution in [0.4, 0.5) is 0 Å². The van der Waals surface area contributed by atoms with Crippen LogP contribution in [-0.4, -0.2) is 33.4 Å². The van der Waals surface area contributed by atoms with Crippen molar-refractivity contribution >= 4 is 0 Å². The molecule has 0 saturated carbocycles. The Morgan fingerprint density at radius 1 is 1.19 bits per heavy atom. The minimum atomic E-state index is 0.158. The first kappa shape index (κ1) is 16.7. The number of H-pyrrole nitrogens is 1. The van der Waals surface area contributed by atoms with Gasteiger partial charge in [-0.2, -0.15) is 5.10 Å². The Kier molecular flexibility index (Phi) is 4.63. The molecule has 1 aliphatic rings. The zero-order valence-corrected chi connectivity index (χ0v) is 14.9. The van der Waals surface area contributed by atoms with Crippen molar-refractivity contribution in [3.63, 3.8) is 0 Å². The van der Waals surface area contributed by atoms with E-state index < -0.39 is 0 Å². The number of hydrogen-bond donors (Lipinski definition) is 2. The summed E-state index contributed by atoms with van der Waals surface area (Å²) in [5, 5.41) is 17.7. The molecule has 0 unspecified atom stereocenters. The molecule has 2 heterocycles. The summed E-state index contributed by atoms with van der Waals surface area (Å²) in [7, 11) is 0. The van der Waals surface area contributed by atoms with Gasteiger partial charge < -0.3 is 9.84 Å². The van der Waals surface area contributed by atoms with Crippen LogP contribution >= 0.6 is 0 Å². The maximum atomic E-state index is 9.95. The number of aromatic nitrogens is 2. The van der Waals surface area contributed by atoms with Crippen molar-refractivity contribution < 1.29 is 9.84 Å². The summed E-state index contributed by atoms with van der Waals surface area (Å²) in [5.41, 5.74) is 5.67. The lowest BCUT2D eigenvalue weighted by atomic mass is 10.00. The molecule has 134 valence electrons. The molecule has 4 rings (SSSR count). The van der Waals surface area contributed by atoms with Crippen molar-refractivity contribution in [1.82, 2.24) is 15.1 Å². The third kappa shape index (κ3) is 3.30. The minimum Gasteiger partial charge on any atom is -0.504 e. The number of aromatic hydroxyl groups is 1. The molecule has 1 aromatic heterocycles. The number of ether oxygens (including phenoxy) is 1. The lowest BCUT2D eigenvalue weighted by molar-refractivity contribution is 0.245. The van der Waals surface area contributed by atoms with Crippen molar-refractivity contribution in [3.8, 4) is 22.8 Å². The summed E-state index contributed by atoms with van der Waals surface area (Å²) in [6.45, 7) is 5.24. The topological polar surface area (TPSA) is 61.4 Å². The van der Waals surface area contributed by atoms with E-state index in [0.29, 0.717) is 12.4 Å². The van der Waals surface area contributed by atoms with Crippen molar-refractivity contribution in [1.29, 1.82) is 0 Å². The first-order valence-corrected chi connectivity index (χ1v) is 9.03. The van der Waals surface area contributed by atoms with Gasteiger partial charge in [0.05, 0.1) is 12.3 Å². The van der Waals surface area contributed by atoms with Crippen LogP contribution in [0.5, 0.6) is 11.5 Å². The fourth-order valence-corrected chi connectivity index (χ4v) is 3.50. The molecule has 0 radical (unpaired) electrons. The zero-order valence-electron chi connectivity index (χ0n) is 14.9. The summed E-state index contributed by atoms with van der Waals surface area (Å²) in [5.74, 6) is 0.657. The van der Waals surface area contributed by atoms with Crippen LogP contribution in [-0.2, 0) is 19.5 Å². The van der Waals surface area contributed by atoms with Gasteiger partial charge in [-0.25, -0.2) is 0 Å². The number of aromatic amines is 1. The highest BCUT2D eigenvalue weighted by molar-refractivity contribution is 5.67. The Bertz CT molecular complexity index is 890. The van der Waals surface area contributed by atoms with Gasteiger partial charge in [0.15, 0.2) is 11.5 Å². The highest BCUT2D eigenvalue weighted by atomic mass is 16.5. The van der Waals surface area contributed by atoms with E-state index in [2.05, 4.69) is 39.4 Å². The molecule has 2 aromatic carbocycles. The molecule has 3 aromatic rings. The van der Waals surface area contributed by atoms with Crippen molar-refractivity contribution in [2.45, 2.75) is 26.4 Å². The van der Waals surface area contributed by atoms with Crippen LogP contribution in [0.2, 0.25) is 0 Å². The molecule has 5 heteroatoms. The zero-order chi connectivity index (χ0) is 17.9. The molecule has 0 saturated heterocycles. The summed E-state index contributed by atoms with van der Waals surface area (Å²) in [6.07, 6.45) is 0.964. The van der Waals surface area contributed by atoms with Gasteiger partial charge in [0.1, 0.15) is 0 Å². The van der Waals surface area contributed by atoms with Gasteiger partial charge in [0.2, 0.25) is 0 Å². The molecule has 0 atom stereocenters. The predicted octanol–water partition coefficient (Wildman–Crippen LogP) is 3.74. The number of rotatable bonds is 5. The number of nitrogens with one attached hydrogen (secondary N) is 1. The van der Waals surface area contributed by atoms with E-state index in [-0.39, 0.29) is 5.75 Å². The van der Waals surface area contributed by atoms with Gasteiger partial charge in [0, 0.05) is 42.9 Å². The van der Waals surface area contributed by atoms with Gasteiger partial charge in [-0.1, -0.05) is 30.3 Å². The van der Waals surface area contributed by atoms with E-state index in [9.17, 15) is 5.11 Å². The number of phenolic OH excluding ortho intramolecular Hbond substituents is 1. The molecule has 2 N–H and O–H groups in total. The summed E-state index contributed by atoms with van der Waals surface area (Å²) >= 11 is 0. The molecule has 5 nitrogen and oxygen atoms in total. The molecule has 26 heavy (non-hydrogen) atoms. The normalized spacial score (nSPS) is 14.2. The Morgan fingerprint density at radius 2 is 2.04 bits per heavy atom. The maximum Gasteiger partial charge on any atom is 0.161 e. The highest BCUT2D eigenvalue weighted by Crippen LogP contribution is 2.34. The van der Waals surface area contributed by atoms with E-state index in [4.69, 9.17) is 4.74 Å². The minimum absolute atomic E-state index is 0.158. The Labute approximate surface area is 153 Å². The molecular weight excluding hydrogens is 326 g/mol. The van der Waals surface area contributed by atoms with E-state index in [0.717, 1.165) is 37.3 Å². The van der Waals surface area contributed by atoms with Crippen LogP contribution in [0.15, 0.2) is 48.5 Å². The molecule has 0 fully saturated rings. The van der Waals surface area contributed by atoms with Crippen molar-refractivity contribution in [3.05, 3.63) is 65.4 Å². The van der Waals surface area contributed by atoms with Gasteiger partial charge in [0.25, 0.3) is 0 Å². The van der Waals surface area contributed by atoms with E-state index in [1.165, 1.54) is 16.8 Å². The van der Waals surface area contributed by atoms with Gasteiger partial charge in [-0.3, -0.25) is 10.00 Å². The van der Waals surface area contributed by atoms with Crippen molar-refractivity contribution in [2.75, 3.05) is 13.2 Å². The molecule has 0 amide bonds. The molecule has 1 aliphatic heterocycles. The van der Waals surface area contributed by atoms with Gasteiger partial charge >= 0.3 is 0 Å². The second kappa shape index (κ2) is 7.22. The fraction of sp³-hybridized carbons (Fsp3) is 0.286. The molecular formula is C21H23N3O2. The monoisotopic (exact) mass is 349 g/mol. The molecule has 0 spiro atoms. The number of nitrogens with zero attached hydrogens (tertiary/aromatic N) is 2. The van der Waals surface area contributed by atoms with E-state index in [1.54, 1.807) is 6.07 Å². The summed E-state index contributed by atoms with van der Waals surface area (Å²) in [6, 6.07) is 16.0. The average Bonchev–Trinajstić information content (AvgIpc) is 3.08. The van der Waals surface area contributed by atoms with Crippen LogP contribution in [0, 0.1) is 0 Å². The quantitative estimate of drug-likeness (QED) is 0.737. The van der Waals surface area contributed by atoms with Crippen LogP contribution in [0.3, 0.4) is 0 Å². The van der Waals surface area contributed by atoms with Gasteiger partial charge in [-0.15, -0.1) is 0 Å². The lowest BCUT2D eigenvalue weighted by Crippen LogP contribution is -2.29. The maximum absolute atomic E-state index is 9.95. The van der Waals surface area contributed by atoms with Gasteiger partial charge in [-0.05, 0) is 30.7 Å². The molecule has 0 bridgehead atoms. The molecule has 0 aliphatic carbocycles. The third-order valence-corrected chi connectivity index (χ3v) is 4.79. The lowest BCUT2D eigenvalue weighted by Gasteiger charge is -2.27. The number of benzene rings is 2.